The van der Waals surface area contributed by atoms with Gasteiger partial charge in [-0.25, -0.2) is 8.42 Å². The summed E-state index contributed by atoms with van der Waals surface area (Å²) >= 11 is 0. The van der Waals surface area contributed by atoms with Gasteiger partial charge in [0.15, 0.2) is 0 Å². The molecule has 150 valence electrons. The lowest BCUT2D eigenvalue weighted by atomic mass is 10.1. The number of carbonyl (C=O) groups is 1. The van der Waals surface area contributed by atoms with Gasteiger partial charge in [0, 0.05) is 19.5 Å². The standard InChI is InChI=1S/C22H27NO4S/c1-17-6-12-21(18(2)16-17)27-22(24)13-9-19-7-10-20(11-8-19)28(25,26)23-14-4-3-5-15-23/h6-8,10-12,16H,3-5,9,13-15H2,1-2H3. The first-order chi connectivity index (χ1) is 13.4. The van der Waals surface area contributed by atoms with Crippen LogP contribution < -0.4 is 4.74 Å². The number of carbonyl (C=O) groups excluding carboxylic acids is 1. The lowest BCUT2D eigenvalue weighted by Crippen LogP contribution is -2.35. The number of piperidine rings is 1. The van der Waals surface area contributed by atoms with Crippen LogP contribution in [0, 0.1) is 13.8 Å². The first kappa shape index (κ1) is 20.6. The van der Waals surface area contributed by atoms with E-state index in [0.29, 0.717) is 30.2 Å². The number of rotatable bonds is 6. The van der Waals surface area contributed by atoms with E-state index in [9.17, 15) is 13.2 Å². The summed E-state index contributed by atoms with van der Waals surface area (Å²) in [6, 6.07) is 12.5. The lowest BCUT2D eigenvalue weighted by Gasteiger charge is -2.25. The van der Waals surface area contributed by atoms with Crippen LogP contribution in [0.3, 0.4) is 0 Å². The molecule has 1 aliphatic heterocycles. The Morgan fingerprint density at radius 2 is 1.68 bits per heavy atom. The molecule has 0 radical (unpaired) electrons. The van der Waals surface area contributed by atoms with E-state index in [1.165, 1.54) is 0 Å². The van der Waals surface area contributed by atoms with Crippen molar-refractivity contribution in [1.82, 2.24) is 4.31 Å². The molecule has 28 heavy (non-hydrogen) atoms. The Kier molecular flexibility index (Phi) is 6.52. The molecule has 0 aliphatic carbocycles. The van der Waals surface area contributed by atoms with E-state index in [0.717, 1.165) is 36.0 Å². The summed E-state index contributed by atoms with van der Waals surface area (Å²) in [5, 5.41) is 0. The van der Waals surface area contributed by atoms with Gasteiger partial charge in [-0.15, -0.1) is 0 Å². The number of hydrogen-bond donors (Lipinski definition) is 0. The van der Waals surface area contributed by atoms with Crippen LogP contribution in [0.5, 0.6) is 5.75 Å². The average molecular weight is 402 g/mol. The molecule has 0 unspecified atom stereocenters. The number of sulfonamides is 1. The van der Waals surface area contributed by atoms with Gasteiger partial charge in [0.25, 0.3) is 0 Å². The zero-order valence-corrected chi connectivity index (χ0v) is 17.3. The first-order valence-electron chi connectivity index (χ1n) is 9.73. The van der Waals surface area contributed by atoms with Crippen molar-refractivity contribution in [3.05, 3.63) is 59.2 Å². The molecule has 0 atom stereocenters. The number of aryl methyl sites for hydroxylation is 3. The molecule has 1 aliphatic rings. The van der Waals surface area contributed by atoms with Gasteiger partial charge in [0.05, 0.1) is 4.90 Å². The van der Waals surface area contributed by atoms with E-state index in [2.05, 4.69) is 0 Å². The Balaban J connectivity index is 1.57. The second-order valence-electron chi connectivity index (χ2n) is 7.35. The monoisotopic (exact) mass is 401 g/mol. The summed E-state index contributed by atoms with van der Waals surface area (Å²) in [4.78, 5) is 12.4. The quantitative estimate of drug-likeness (QED) is 0.542. The van der Waals surface area contributed by atoms with E-state index < -0.39 is 10.0 Å². The molecule has 1 saturated heterocycles. The van der Waals surface area contributed by atoms with E-state index in [1.54, 1.807) is 28.6 Å². The molecule has 0 N–H and O–H groups in total. The van der Waals surface area contributed by atoms with Crippen molar-refractivity contribution in [1.29, 1.82) is 0 Å². The van der Waals surface area contributed by atoms with Crippen LogP contribution >= 0.6 is 0 Å². The van der Waals surface area contributed by atoms with Gasteiger partial charge >= 0.3 is 5.97 Å². The second kappa shape index (κ2) is 8.88. The molecular formula is C22H27NO4S. The molecule has 6 heteroatoms. The van der Waals surface area contributed by atoms with Gasteiger partial charge in [0.1, 0.15) is 5.75 Å². The predicted octanol–water partition coefficient (Wildman–Crippen LogP) is 4.02. The van der Waals surface area contributed by atoms with Gasteiger partial charge in [-0.3, -0.25) is 4.79 Å². The maximum absolute atomic E-state index is 12.7. The van der Waals surface area contributed by atoms with Gasteiger partial charge in [0.2, 0.25) is 10.0 Å². The molecule has 1 heterocycles. The van der Waals surface area contributed by atoms with Crippen LogP contribution in [-0.2, 0) is 21.2 Å². The van der Waals surface area contributed by atoms with Gasteiger partial charge in [-0.2, -0.15) is 4.31 Å². The smallest absolute Gasteiger partial charge is 0.311 e. The highest BCUT2D eigenvalue weighted by atomic mass is 32.2. The highest BCUT2D eigenvalue weighted by Gasteiger charge is 2.25. The molecule has 3 rings (SSSR count). The number of nitrogens with zero attached hydrogens (tertiary/aromatic N) is 1. The minimum absolute atomic E-state index is 0.242. The summed E-state index contributed by atoms with van der Waals surface area (Å²) in [7, 11) is -3.42. The molecule has 2 aromatic rings. The molecule has 0 spiro atoms. The van der Waals surface area contributed by atoms with Crippen LogP contribution in [0.25, 0.3) is 0 Å². The molecule has 5 nitrogen and oxygen atoms in total. The Morgan fingerprint density at radius 3 is 2.32 bits per heavy atom. The normalized spacial score (nSPS) is 15.4. The molecule has 0 bridgehead atoms. The molecule has 2 aromatic carbocycles. The Morgan fingerprint density at radius 1 is 1.00 bits per heavy atom. The van der Waals surface area contributed by atoms with Crippen LogP contribution in [0.15, 0.2) is 47.4 Å². The highest BCUT2D eigenvalue weighted by molar-refractivity contribution is 7.89. The van der Waals surface area contributed by atoms with Crippen LogP contribution in [0.2, 0.25) is 0 Å². The van der Waals surface area contributed by atoms with E-state index in [4.69, 9.17) is 4.74 Å². The van der Waals surface area contributed by atoms with Crippen molar-refractivity contribution in [2.45, 2.75) is 50.8 Å². The Labute approximate surface area is 167 Å². The summed E-state index contributed by atoms with van der Waals surface area (Å²) in [6.45, 7) is 5.09. The zero-order chi connectivity index (χ0) is 20.1. The number of ether oxygens (including phenoxy) is 1. The highest BCUT2D eigenvalue weighted by Crippen LogP contribution is 2.22. The third kappa shape index (κ3) is 5.00. The topological polar surface area (TPSA) is 63.7 Å². The van der Waals surface area contributed by atoms with Gasteiger partial charge < -0.3 is 4.74 Å². The van der Waals surface area contributed by atoms with Crippen molar-refractivity contribution < 1.29 is 17.9 Å². The van der Waals surface area contributed by atoms with Crippen molar-refractivity contribution >= 4 is 16.0 Å². The maximum atomic E-state index is 12.7. The Bertz CT molecular complexity index is 930. The maximum Gasteiger partial charge on any atom is 0.311 e. The van der Waals surface area contributed by atoms with Crippen molar-refractivity contribution in [2.75, 3.05) is 13.1 Å². The summed E-state index contributed by atoms with van der Waals surface area (Å²) < 4.78 is 32.4. The summed E-state index contributed by atoms with van der Waals surface area (Å²) in [5.74, 6) is 0.288. The fourth-order valence-corrected chi connectivity index (χ4v) is 4.93. The molecule has 0 aromatic heterocycles. The third-order valence-corrected chi connectivity index (χ3v) is 6.96. The van der Waals surface area contributed by atoms with Crippen LogP contribution in [-0.4, -0.2) is 31.8 Å². The number of benzene rings is 2. The van der Waals surface area contributed by atoms with Gasteiger partial charge in [-0.1, -0.05) is 36.2 Å². The predicted molar refractivity (Wildman–Crippen MR) is 109 cm³/mol. The fourth-order valence-electron chi connectivity index (χ4n) is 3.42. The Hall–Kier alpha value is -2.18. The number of esters is 1. The van der Waals surface area contributed by atoms with E-state index in [1.807, 2.05) is 32.0 Å². The van der Waals surface area contributed by atoms with Crippen molar-refractivity contribution in [3.63, 3.8) is 0 Å². The SMILES string of the molecule is Cc1ccc(OC(=O)CCc2ccc(S(=O)(=O)N3CCCCC3)cc2)c(C)c1. The van der Waals surface area contributed by atoms with Gasteiger partial charge in [-0.05, 0) is 62.4 Å². The largest absolute Gasteiger partial charge is 0.426 e. The van der Waals surface area contributed by atoms with Crippen molar-refractivity contribution in [2.24, 2.45) is 0 Å². The van der Waals surface area contributed by atoms with Crippen molar-refractivity contribution in [3.8, 4) is 5.75 Å². The second-order valence-corrected chi connectivity index (χ2v) is 9.29. The molecule has 0 amide bonds. The molecule has 0 saturated carbocycles. The minimum atomic E-state index is -3.42. The number of hydrogen-bond acceptors (Lipinski definition) is 4. The fraction of sp³-hybridized carbons (Fsp3) is 0.409. The van der Waals surface area contributed by atoms with E-state index >= 15 is 0 Å². The summed E-state index contributed by atoms with van der Waals surface area (Å²) in [5.41, 5.74) is 2.97. The van der Waals surface area contributed by atoms with E-state index in [-0.39, 0.29) is 12.4 Å². The molecule has 1 fully saturated rings. The van der Waals surface area contributed by atoms with Crippen LogP contribution in [0.4, 0.5) is 0 Å². The summed E-state index contributed by atoms with van der Waals surface area (Å²) in [6.07, 6.45) is 3.67. The average Bonchev–Trinajstić information content (AvgIpc) is 2.69. The first-order valence-corrected chi connectivity index (χ1v) is 11.2. The zero-order valence-electron chi connectivity index (χ0n) is 16.5. The molecular weight excluding hydrogens is 374 g/mol. The lowest BCUT2D eigenvalue weighted by molar-refractivity contribution is -0.134. The van der Waals surface area contributed by atoms with Crippen LogP contribution in [0.1, 0.15) is 42.4 Å². The third-order valence-electron chi connectivity index (χ3n) is 5.05. The minimum Gasteiger partial charge on any atom is -0.426 e.